The van der Waals surface area contributed by atoms with Crippen LogP contribution in [0.2, 0.25) is 0 Å². The largest absolute Gasteiger partial charge is 0.335 e. The minimum atomic E-state index is -0.266. The van der Waals surface area contributed by atoms with Crippen molar-refractivity contribution in [1.29, 1.82) is 0 Å². The summed E-state index contributed by atoms with van der Waals surface area (Å²) >= 11 is 0. The van der Waals surface area contributed by atoms with E-state index in [9.17, 15) is 9.59 Å². The number of urea groups is 1. The van der Waals surface area contributed by atoms with Gasteiger partial charge in [-0.3, -0.25) is 4.79 Å². The first-order valence-corrected chi connectivity index (χ1v) is 4.10. The van der Waals surface area contributed by atoms with E-state index < -0.39 is 0 Å². The number of Topliss-reactive ketones (excluding diaryl/α,β-unsaturated/α-hetero) is 1. The van der Waals surface area contributed by atoms with E-state index in [1.54, 1.807) is 4.90 Å². The SMILES string of the molecule is CC(=O)C1CNC(=O)N1C(C)C. The van der Waals surface area contributed by atoms with Gasteiger partial charge < -0.3 is 10.2 Å². The molecule has 2 amide bonds. The summed E-state index contributed by atoms with van der Waals surface area (Å²) in [5.41, 5.74) is 0. The second-order valence-corrected chi connectivity index (χ2v) is 3.31. The van der Waals surface area contributed by atoms with Gasteiger partial charge in [0, 0.05) is 12.6 Å². The monoisotopic (exact) mass is 170 g/mol. The van der Waals surface area contributed by atoms with Crippen LogP contribution in [0.3, 0.4) is 0 Å². The number of carbonyl (C=O) groups is 2. The molecule has 0 aromatic carbocycles. The fourth-order valence-corrected chi connectivity index (χ4v) is 1.45. The molecule has 1 N–H and O–H groups in total. The number of nitrogens with one attached hydrogen (secondary N) is 1. The Kier molecular flexibility index (Phi) is 2.35. The second kappa shape index (κ2) is 3.13. The molecular weight excluding hydrogens is 156 g/mol. The van der Waals surface area contributed by atoms with E-state index in [4.69, 9.17) is 0 Å². The molecular formula is C8H14N2O2. The summed E-state index contributed by atoms with van der Waals surface area (Å²) in [7, 11) is 0. The molecule has 68 valence electrons. The van der Waals surface area contributed by atoms with E-state index in [1.807, 2.05) is 13.8 Å². The van der Waals surface area contributed by atoms with Crippen LogP contribution in [0.4, 0.5) is 4.79 Å². The molecule has 1 unspecified atom stereocenters. The summed E-state index contributed by atoms with van der Waals surface area (Å²) in [5.74, 6) is 0.0436. The molecule has 0 spiro atoms. The third-order valence-electron chi connectivity index (χ3n) is 2.04. The smallest absolute Gasteiger partial charge is 0.318 e. The average Bonchev–Trinajstić information content (AvgIpc) is 2.30. The molecule has 0 aliphatic carbocycles. The van der Waals surface area contributed by atoms with Gasteiger partial charge in [0.15, 0.2) is 5.78 Å². The zero-order valence-electron chi connectivity index (χ0n) is 7.63. The van der Waals surface area contributed by atoms with Crippen LogP contribution in [0.25, 0.3) is 0 Å². The summed E-state index contributed by atoms with van der Waals surface area (Å²) in [6.45, 7) is 5.77. The van der Waals surface area contributed by atoms with Crippen molar-refractivity contribution >= 4 is 11.8 Å². The van der Waals surface area contributed by atoms with Crippen molar-refractivity contribution in [3.05, 3.63) is 0 Å². The van der Waals surface area contributed by atoms with Crippen molar-refractivity contribution in [3.63, 3.8) is 0 Å². The molecule has 0 aromatic rings. The van der Waals surface area contributed by atoms with E-state index in [1.165, 1.54) is 6.92 Å². The minimum Gasteiger partial charge on any atom is -0.335 e. The molecule has 1 aliphatic heterocycles. The van der Waals surface area contributed by atoms with Gasteiger partial charge in [-0.2, -0.15) is 0 Å². The zero-order valence-corrected chi connectivity index (χ0v) is 7.63. The van der Waals surface area contributed by atoms with E-state index in [-0.39, 0.29) is 23.9 Å². The molecule has 1 saturated heterocycles. The Labute approximate surface area is 71.9 Å². The van der Waals surface area contributed by atoms with E-state index in [0.29, 0.717) is 6.54 Å². The first-order valence-electron chi connectivity index (χ1n) is 4.10. The van der Waals surface area contributed by atoms with Crippen molar-refractivity contribution in [3.8, 4) is 0 Å². The Balaban J connectivity index is 2.77. The van der Waals surface area contributed by atoms with Gasteiger partial charge in [0.25, 0.3) is 0 Å². The van der Waals surface area contributed by atoms with Crippen molar-refractivity contribution in [1.82, 2.24) is 10.2 Å². The third-order valence-corrected chi connectivity index (χ3v) is 2.04. The molecule has 1 aliphatic rings. The van der Waals surface area contributed by atoms with Crippen LogP contribution in [0.1, 0.15) is 20.8 Å². The molecule has 0 radical (unpaired) electrons. The van der Waals surface area contributed by atoms with E-state index in [0.717, 1.165) is 0 Å². The number of hydrogen-bond acceptors (Lipinski definition) is 2. The molecule has 12 heavy (non-hydrogen) atoms. The normalized spacial score (nSPS) is 23.2. The van der Waals surface area contributed by atoms with Crippen molar-refractivity contribution in [2.24, 2.45) is 0 Å². The number of rotatable bonds is 2. The summed E-state index contributed by atoms with van der Waals surface area (Å²) in [5, 5.41) is 2.65. The fraction of sp³-hybridized carbons (Fsp3) is 0.750. The standard InChI is InChI=1S/C8H14N2O2/c1-5(2)10-7(6(3)11)4-9-8(10)12/h5,7H,4H2,1-3H3,(H,9,12). The maximum atomic E-state index is 11.2. The second-order valence-electron chi connectivity index (χ2n) is 3.31. The van der Waals surface area contributed by atoms with Crippen LogP contribution in [0.15, 0.2) is 0 Å². The lowest BCUT2D eigenvalue weighted by atomic mass is 10.1. The maximum absolute atomic E-state index is 11.2. The molecule has 1 rings (SSSR count). The highest BCUT2D eigenvalue weighted by Crippen LogP contribution is 2.11. The highest BCUT2D eigenvalue weighted by atomic mass is 16.2. The summed E-state index contributed by atoms with van der Waals surface area (Å²) in [6.07, 6.45) is 0. The minimum absolute atomic E-state index is 0.0436. The maximum Gasteiger partial charge on any atom is 0.318 e. The predicted molar refractivity (Wildman–Crippen MR) is 44.8 cm³/mol. The molecule has 1 fully saturated rings. The molecule has 4 heteroatoms. The van der Waals surface area contributed by atoms with Crippen LogP contribution < -0.4 is 5.32 Å². The van der Waals surface area contributed by atoms with Gasteiger partial charge in [0.05, 0.1) is 0 Å². The van der Waals surface area contributed by atoms with Crippen LogP contribution in [0, 0.1) is 0 Å². The summed E-state index contributed by atoms with van der Waals surface area (Å²) < 4.78 is 0. The van der Waals surface area contributed by atoms with E-state index in [2.05, 4.69) is 5.32 Å². The Morgan fingerprint density at radius 1 is 1.67 bits per heavy atom. The number of nitrogens with zero attached hydrogens (tertiary/aromatic N) is 1. The lowest BCUT2D eigenvalue weighted by Gasteiger charge is -2.24. The topological polar surface area (TPSA) is 49.4 Å². The van der Waals surface area contributed by atoms with Gasteiger partial charge in [-0.15, -0.1) is 0 Å². The lowest BCUT2D eigenvalue weighted by molar-refractivity contribution is -0.120. The Hall–Kier alpha value is -1.06. The van der Waals surface area contributed by atoms with Crippen LogP contribution in [-0.4, -0.2) is 35.3 Å². The number of carbonyl (C=O) groups excluding carboxylic acids is 2. The van der Waals surface area contributed by atoms with Crippen LogP contribution >= 0.6 is 0 Å². The number of hydrogen-bond donors (Lipinski definition) is 1. The summed E-state index contributed by atoms with van der Waals surface area (Å²) in [6, 6.07) is -0.316. The average molecular weight is 170 g/mol. The lowest BCUT2D eigenvalue weighted by Crippen LogP contribution is -2.43. The highest BCUT2D eigenvalue weighted by molar-refractivity contribution is 5.90. The van der Waals surface area contributed by atoms with Crippen LogP contribution in [-0.2, 0) is 4.79 Å². The molecule has 4 nitrogen and oxygen atoms in total. The van der Waals surface area contributed by atoms with Gasteiger partial charge in [0.1, 0.15) is 6.04 Å². The molecule has 0 saturated carbocycles. The van der Waals surface area contributed by atoms with Crippen LogP contribution in [0.5, 0.6) is 0 Å². The Morgan fingerprint density at radius 2 is 2.25 bits per heavy atom. The Bertz CT molecular complexity index is 213. The van der Waals surface area contributed by atoms with Gasteiger partial charge in [0.2, 0.25) is 0 Å². The van der Waals surface area contributed by atoms with Gasteiger partial charge in [-0.1, -0.05) is 0 Å². The van der Waals surface area contributed by atoms with E-state index >= 15 is 0 Å². The Morgan fingerprint density at radius 3 is 2.58 bits per heavy atom. The zero-order chi connectivity index (χ0) is 9.30. The fourth-order valence-electron chi connectivity index (χ4n) is 1.45. The predicted octanol–water partition coefficient (Wildman–Crippen LogP) is 0.378. The molecule has 1 heterocycles. The number of amides is 2. The van der Waals surface area contributed by atoms with Gasteiger partial charge >= 0.3 is 6.03 Å². The molecule has 0 bridgehead atoms. The summed E-state index contributed by atoms with van der Waals surface area (Å²) in [4.78, 5) is 23.9. The molecule has 1 atom stereocenters. The molecule has 0 aromatic heterocycles. The number of ketones is 1. The highest BCUT2D eigenvalue weighted by Gasteiger charge is 2.35. The third kappa shape index (κ3) is 1.42. The first kappa shape index (κ1) is 9.03. The van der Waals surface area contributed by atoms with Gasteiger partial charge in [-0.05, 0) is 20.8 Å². The first-order chi connectivity index (χ1) is 5.54. The van der Waals surface area contributed by atoms with Crippen molar-refractivity contribution in [2.45, 2.75) is 32.9 Å². The van der Waals surface area contributed by atoms with Gasteiger partial charge in [-0.25, -0.2) is 4.79 Å². The quantitative estimate of drug-likeness (QED) is 0.651. The van der Waals surface area contributed by atoms with Crippen molar-refractivity contribution < 1.29 is 9.59 Å². The van der Waals surface area contributed by atoms with Crippen molar-refractivity contribution in [2.75, 3.05) is 6.54 Å².